The van der Waals surface area contributed by atoms with Crippen LogP contribution in [0.3, 0.4) is 0 Å². The number of nitrogens with zero attached hydrogens (tertiary/aromatic N) is 2. The molecule has 208 valence electrons. The fourth-order valence-electron chi connectivity index (χ4n) is 8.12. The Balaban J connectivity index is 1.43. The number of hydrogen-bond acceptors (Lipinski definition) is 1. The molecule has 0 unspecified atom stereocenters. The van der Waals surface area contributed by atoms with Gasteiger partial charge in [-0.2, -0.15) is 0 Å². The van der Waals surface area contributed by atoms with E-state index in [4.69, 9.17) is 6.57 Å². The van der Waals surface area contributed by atoms with Gasteiger partial charge in [0.05, 0.1) is 23.0 Å². The summed E-state index contributed by atoms with van der Waals surface area (Å²) in [7, 11) is 0. The third-order valence-corrected chi connectivity index (χ3v) is 11.1. The van der Waals surface area contributed by atoms with E-state index in [0.717, 1.165) is 5.69 Å². The summed E-state index contributed by atoms with van der Waals surface area (Å²) in [5.41, 5.74) is 11.6. The van der Waals surface area contributed by atoms with E-state index >= 15 is 0 Å². The summed E-state index contributed by atoms with van der Waals surface area (Å²) in [4.78, 5) is 6.25. The van der Waals surface area contributed by atoms with E-state index in [1.165, 1.54) is 75.7 Å². The van der Waals surface area contributed by atoms with E-state index in [0.29, 0.717) is 5.69 Å². The first-order valence-corrected chi connectivity index (χ1v) is 16.0. The lowest BCUT2D eigenvalue weighted by atomic mass is 9.67. The molecule has 0 bridgehead atoms. The van der Waals surface area contributed by atoms with Crippen LogP contribution in [-0.2, 0) is 5.41 Å². The van der Waals surface area contributed by atoms with Crippen LogP contribution in [0.4, 0.5) is 5.69 Å². The van der Waals surface area contributed by atoms with Crippen molar-refractivity contribution in [1.29, 1.82) is 0 Å². The summed E-state index contributed by atoms with van der Waals surface area (Å²) < 4.78 is 2.44. The zero-order valence-electron chi connectivity index (χ0n) is 24.2. The molecule has 0 amide bonds. The Morgan fingerprint density at radius 2 is 1.22 bits per heavy atom. The SMILES string of the molecule is [C-]#[N+]c1ccc(-n2c3ccc4ccccc4c3c3ccc4c(c32)Sc2ccccc2C42c3ccccc3-c3ccccc32)cc1. The van der Waals surface area contributed by atoms with Crippen molar-refractivity contribution in [2.75, 3.05) is 0 Å². The van der Waals surface area contributed by atoms with Gasteiger partial charge in [-0.1, -0.05) is 133 Å². The van der Waals surface area contributed by atoms with Crippen molar-refractivity contribution in [3.05, 3.63) is 179 Å². The molecule has 0 saturated carbocycles. The second kappa shape index (κ2) is 8.99. The molecule has 2 aliphatic rings. The Morgan fingerprint density at radius 3 is 1.98 bits per heavy atom. The van der Waals surface area contributed by atoms with Gasteiger partial charge >= 0.3 is 0 Å². The molecule has 0 saturated heterocycles. The lowest BCUT2D eigenvalue weighted by Crippen LogP contribution is -2.32. The lowest BCUT2D eigenvalue weighted by Gasteiger charge is -2.40. The minimum Gasteiger partial charge on any atom is -0.308 e. The maximum absolute atomic E-state index is 7.56. The monoisotopic (exact) mass is 588 g/mol. The summed E-state index contributed by atoms with van der Waals surface area (Å²) in [5, 5.41) is 5.00. The highest BCUT2D eigenvalue weighted by Gasteiger charge is 2.50. The summed E-state index contributed by atoms with van der Waals surface area (Å²) in [6.07, 6.45) is 0. The van der Waals surface area contributed by atoms with Gasteiger partial charge < -0.3 is 4.57 Å². The normalized spacial score (nSPS) is 13.8. The largest absolute Gasteiger partial charge is 0.308 e. The van der Waals surface area contributed by atoms with Gasteiger partial charge in [-0.25, -0.2) is 4.85 Å². The highest BCUT2D eigenvalue weighted by molar-refractivity contribution is 7.99. The third kappa shape index (κ3) is 3.09. The van der Waals surface area contributed by atoms with Crippen LogP contribution in [0.25, 0.3) is 54.2 Å². The average Bonchev–Trinajstić information content (AvgIpc) is 3.60. The molecule has 2 heterocycles. The number of hydrogen-bond donors (Lipinski definition) is 0. The Labute approximate surface area is 265 Å². The molecule has 1 spiro atoms. The van der Waals surface area contributed by atoms with E-state index in [2.05, 4.69) is 143 Å². The van der Waals surface area contributed by atoms with Crippen LogP contribution in [0.15, 0.2) is 155 Å². The second-order valence-electron chi connectivity index (χ2n) is 11.9. The molecule has 1 aromatic heterocycles. The fraction of sp³-hybridized carbons (Fsp3) is 0.0238. The third-order valence-electron chi connectivity index (χ3n) is 9.87. The molecule has 0 atom stereocenters. The van der Waals surface area contributed by atoms with Gasteiger partial charge in [-0.3, -0.25) is 0 Å². The Morgan fingerprint density at radius 1 is 0.556 bits per heavy atom. The van der Waals surface area contributed by atoms with E-state index in [1.54, 1.807) is 0 Å². The number of rotatable bonds is 1. The number of benzene rings is 7. The molecule has 45 heavy (non-hydrogen) atoms. The van der Waals surface area contributed by atoms with Crippen molar-refractivity contribution in [1.82, 2.24) is 4.57 Å². The predicted octanol–water partition coefficient (Wildman–Crippen LogP) is 11.3. The summed E-state index contributed by atoms with van der Waals surface area (Å²) in [5.74, 6) is 0. The Kier molecular flexibility index (Phi) is 4.96. The van der Waals surface area contributed by atoms with Gasteiger partial charge in [0, 0.05) is 26.3 Å². The smallest absolute Gasteiger partial charge is 0.187 e. The average molecular weight is 589 g/mol. The van der Waals surface area contributed by atoms with E-state index in [-0.39, 0.29) is 0 Å². The second-order valence-corrected chi connectivity index (χ2v) is 13.0. The molecule has 8 aromatic rings. The van der Waals surface area contributed by atoms with Gasteiger partial charge in [0.1, 0.15) is 0 Å². The van der Waals surface area contributed by atoms with Crippen LogP contribution < -0.4 is 0 Å². The minimum absolute atomic E-state index is 0.435. The molecule has 1 aliphatic carbocycles. The molecule has 0 radical (unpaired) electrons. The molecule has 2 nitrogen and oxygen atoms in total. The Hall–Kier alpha value is -5.56. The topological polar surface area (TPSA) is 9.29 Å². The lowest BCUT2D eigenvalue weighted by molar-refractivity contribution is 0.724. The first-order valence-electron chi connectivity index (χ1n) is 15.2. The molecular weight excluding hydrogens is 565 g/mol. The molecular formula is C42H24N2S. The van der Waals surface area contributed by atoms with Crippen molar-refractivity contribution in [3.63, 3.8) is 0 Å². The van der Waals surface area contributed by atoms with Gasteiger partial charge in [0.15, 0.2) is 5.69 Å². The van der Waals surface area contributed by atoms with Crippen LogP contribution in [-0.4, -0.2) is 4.57 Å². The molecule has 0 fully saturated rings. The van der Waals surface area contributed by atoms with Crippen LogP contribution >= 0.6 is 11.8 Å². The van der Waals surface area contributed by atoms with Crippen molar-refractivity contribution in [2.45, 2.75) is 15.2 Å². The van der Waals surface area contributed by atoms with Crippen LogP contribution in [0.2, 0.25) is 0 Å². The van der Waals surface area contributed by atoms with Crippen LogP contribution in [0.5, 0.6) is 0 Å². The molecule has 1 aliphatic heterocycles. The first kappa shape index (κ1) is 24.8. The van der Waals surface area contributed by atoms with Crippen molar-refractivity contribution in [2.24, 2.45) is 0 Å². The fourth-order valence-corrected chi connectivity index (χ4v) is 9.45. The van der Waals surface area contributed by atoms with Gasteiger partial charge in [0.2, 0.25) is 0 Å². The van der Waals surface area contributed by atoms with Crippen LogP contribution in [0.1, 0.15) is 22.3 Å². The first-order chi connectivity index (χ1) is 22.3. The summed E-state index contributed by atoms with van der Waals surface area (Å²) in [6, 6.07) is 53.0. The van der Waals surface area contributed by atoms with Gasteiger partial charge in [0.25, 0.3) is 0 Å². The van der Waals surface area contributed by atoms with E-state index in [1.807, 2.05) is 23.9 Å². The van der Waals surface area contributed by atoms with Crippen LogP contribution in [0, 0.1) is 6.57 Å². The van der Waals surface area contributed by atoms with E-state index in [9.17, 15) is 0 Å². The standard InChI is InChI=1S/C42H24N2S/c1-43-27-19-21-28(22-20-27)44-37-25-18-26-10-2-3-11-29(26)39(37)32-23-24-36-41(40(32)44)45-38-17-9-8-16-35(38)42(36)33-14-6-4-12-30(33)31-13-5-7-15-34(31)42/h2-25H. The van der Waals surface area contributed by atoms with Gasteiger partial charge in [-0.05, 0) is 68.4 Å². The van der Waals surface area contributed by atoms with Crippen molar-refractivity contribution >= 4 is 50.0 Å². The highest BCUT2D eigenvalue weighted by atomic mass is 32.2. The van der Waals surface area contributed by atoms with Crippen molar-refractivity contribution < 1.29 is 0 Å². The molecule has 7 aromatic carbocycles. The van der Waals surface area contributed by atoms with Crippen molar-refractivity contribution in [3.8, 4) is 16.8 Å². The van der Waals surface area contributed by atoms with E-state index < -0.39 is 5.41 Å². The zero-order chi connectivity index (χ0) is 29.7. The summed E-state index contributed by atoms with van der Waals surface area (Å²) in [6.45, 7) is 7.56. The minimum atomic E-state index is -0.435. The molecule has 10 rings (SSSR count). The predicted molar refractivity (Wildman–Crippen MR) is 186 cm³/mol. The maximum atomic E-state index is 7.56. The number of aromatic nitrogens is 1. The number of fused-ring (bicyclic) bond motifs is 15. The highest BCUT2D eigenvalue weighted by Crippen LogP contribution is 2.63. The maximum Gasteiger partial charge on any atom is 0.187 e. The molecule has 0 N–H and O–H groups in total. The summed E-state index contributed by atoms with van der Waals surface area (Å²) >= 11 is 1.89. The molecule has 3 heteroatoms. The van der Waals surface area contributed by atoms with Gasteiger partial charge in [-0.15, -0.1) is 0 Å². The quantitative estimate of drug-likeness (QED) is 0.173. The zero-order valence-corrected chi connectivity index (χ0v) is 25.0. The Bertz CT molecular complexity index is 2540.